The van der Waals surface area contributed by atoms with E-state index in [-0.39, 0.29) is 17.9 Å². The molecule has 602 valence electrons. The molecule has 0 aromatic carbocycles. The molecular formula is C93H179N3O6. The van der Waals surface area contributed by atoms with Gasteiger partial charge in [0.1, 0.15) is 19.8 Å². The van der Waals surface area contributed by atoms with E-state index in [0.29, 0.717) is 56.8 Å². The monoisotopic (exact) mass is 1430 g/mol. The smallest absolute Gasteiger partial charge is 0.306 e. The number of carbonyl (C=O) groups is 3. The molecule has 0 aliphatic rings. The van der Waals surface area contributed by atoms with Crippen LogP contribution in [0.3, 0.4) is 0 Å². The molecule has 0 heterocycles. The number of carbonyl (C=O) groups excluding carboxylic acids is 3. The lowest BCUT2D eigenvalue weighted by atomic mass is 9.84. The molecule has 0 N–H and O–H groups in total. The van der Waals surface area contributed by atoms with E-state index < -0.39 is 0 Å². The molecule has 0 aromatic heterocycles. The molecule has 0 saturated carbocycles. The Kier molecular flexibility index (Phi) is 77.6. The first-order valence-corrected chi connectivity index (χ1v) is 45.3. The van der Waals surface area contributed by atoms with Gasteiger partial charge in [-0.25, -0.2) is 0 Å². The second-order valence-electron chi connectivity index (χ2n) is 32.8. The molecule has 0 aliphatic carbocycles. The maximum absolute atomic E-state index is 12.9. The zero-order chi connectivity index (χ0) is 74.5. The molecule has 9 heteroatoms. The molecule has 0 aromatic rings. The summed E-state index contributed by atoms with van der Waals surface area (Å²) in [5, 5.41) is 0. The Balaban J connectivity index is 6.26. The van der Waals surface area contributed by atoms with Crippen LogP contribution >= 0.6 is 0 Å². The molecular weight excluding hydrogens is 1260 g/mol. The predicted molar refractivity (Wildman–Crippen MR) is 447 cm³/mol. The van der Waals surface area contributed by atoms with Crippen molar-refractivity contribution in [1.29, 1.82) is 0 Å². The van der Waals surface area contributed by atoms with Gasteiger partial charge in [-0.3, -0.25) is 14.4 Å². The van der Waals surface area contributed by atoms with Crippen molar-refractivity contribution in [1.82, 2.24) is 14.7 Å². The maximum atomic E-state index is 12.9. The summed E-state index contributed by atoms with van der Waals surface area (Å²) < 4.78 is 16.6. The molecule has 0 amide bonds. The molecule has 102 heavy (non-hydrogen) atoms. The van der Waals surface area contributed by atoms with Crippen LogP contribution in [0.4, 0.5) is 0 Å². The van der Waals surface area contributed by atoms with Gasteiger partial charge in [-0.1, -0.05) is 348 Å². The predicted octanol–water partition coefficient (Wildman–Crippen LogP) is 27.7. The summed E-state index contributed by atoms with van der Waals surface area (Å²) in [7, 11) is 9.59. The van der Waals surface area contributed by atoms with E-state index in [1.54, 1.807) is 0 Å². The second kappa shape index (κ2) is 79.5. The third-order valence-corrected chi connectivity index (χ3v) is 21.8. The SMILES string of the molecule is CCCCC=CCOC(=O)CCCCCCCCCCC(CCCCCCCCC)CN(C)CC(CCCCCCC)CC(CCCCCCC(=O)OCC=CCCCCCCCC)CN(C)CC(CCCCCCC)CC(CCCCCCCCC(=O)OCC=CCCCCCC)CN(C)C. The highest BCUT2D eigenvalue weighted by Crippen LogP contribution is 2.30. The van der Waals surface area contributed by atoms with Gasteiger partial charge in [-0.15, -0.1) is 0 Å². The Morgan fingerprint density at radius 3 is 0.745 bits per heavy atom. The van der Waals surface area contributed by atoms with Crippen LogP contribution in [0, 0.1) is 29.6 Å². The van der Waals surface area contributed by atoms with E-state index in [0.717, 1.165) is 69.6 Å². The van der Waals surface area contributed by atoms with Crippen molar-refractivity contribution in [3.8, 4) is 0 Å². The number of nitrogens with zero attached hydrogens (tertiary/aromatic N) is 3. The highest BCUT2D eigenvalue weighted by Gasteiger charge is 2.25. The van der Waals surface area contributed by atoms with Gasteiger partial charge in [0.25, 0.3) is 0 Å². The van der Waals surface area contributed by atoms with E-state index in [1.165, 1.54) is 347 Å². The summed E-state index contributed by atoms with van der Waals surface area (Å²) in [4.78, 5) is 45.7. The van der Waals surface area contributed by atoms with Gasteiger partial charge < -0.3 is 28.9 Å². The normalized spacial score (nSPS) is 13.6. The molecule has 5 atom stereocenters. The lowest BCUT2D eigenvalue weighted by Gasteiger charge is -2.33. The Hall–Kier alpha value is -2.49. The topological polar surface area (TPSA) is 88.6 Å². The minimum absolute atomic E-state index is 0.0338. The van der Waals surface area contributed by atoms with Crippen LogP contribution < -0.4 is 0 Å². The Morgan fingerprint density at radius 1 is 0.245 bits per heavy atom. The van der Waals surface area contributed by atoms with Crippen molar-refractivity contribution in [2.24, 2.45) is 29.6 Å². The second-order valence-corrected chi connectivity index (χ2v) is 32.8. The van der Waals surface area contributed by atoms with E-state index in [4.69, 9.17) is 14.2 Å². The molecule has 0 radical (unpaired) electrons. The van der Waals surface area contributed by atoms with E-state index >= 15 is 0 Å². The van der Waals surface area contributed by atoms with Gasteiger partial charge in [-0.2, -0.15) is 0 Å². The molecule has 0 spiro atoms. The number of hydrogen-bond acceptors (Lipinski definition) is 9. The van der Waals surface area contributed by atoms with Crippen LogP contribution in [-0.4, -0.2) is 113 Å². The van der Waals surface area contributed by atoms with Crippen LogP contribution in [0.2, 0.25) is 0 Å². The Morgan fingerprint density at radius 2 is 0.461 bits per heavy atom. The summed E-state index contributed by atoms with van der Waals surface area (Å²) in [5.74, 6) is 3.48. The third kappa shape index (κ3) is 73.0. The van der Waals surface area contributed by atoms with Gasteiger partial charge in [0.05, 0.1) is 0 Å². The molecule has 0 rings (SSSR count). The number of ether oxygens (including phenoxy) is 3. The van der Waals surface area contributed by atoms with Crippen molar-refractivity contribution < 1.29 is 28.6 Å². The Bertz CT molecular complexity index is 1840. The summed E-state index contributed by atoms with van der Waals surface area (Å²) in [6, 6.07) is 0. The quantitative estimate of drug-likeness (QED) is 0.0256. The van der Waals surface area contributed by atoms with E-state index in [2.05, 4.69) is 109 Å². The number of rotatable bonds is 82. The van der Waals surface area contributed by atoms with Crippen molar-refractivity contribution in [2.75, 3.05) is 80.7 Å². The molecule has 9 nitrogen and oxygen atoms in total. The highest BCUT2D eigenvalue weighted by atomic mass is 16.5. The minimum Gasteiger partial charge on any atom is -0.461 e. The van der Waals surface area contributed by atoms with Gasteiger partial charge in [0.15, 0.2) is 0 Å². The molecule has 0 fully saturated rings. The summed E-state index contributed by atoms with van der Waals surface area (Å²) >= 11 is 0. The molecule has 5 unspecified atom stereocenters. The molecule has 0 aliphatic heterocycles. The lowest BCUT2D eigenvalue weighted by Crippen LogP contribution is -2.35. The largest absolute Gasteiger partial charge is 0.461 e. The summed E-state index contributed by atoms with van der Waals surface area (Å²) in [6.07, 6.45) is 88.3. The zero-order valence-corrected chi connectivity index (χ0v) is 70.4. The average molecular weight is 1440 g/mol. The fraction of sp³-hybridized carbons (Fsp3) is 0.903. The average Bonchev–Trinajstić information content (AvgIpc) is 0.927. The number of unbranched alkanes of at least 4 members (excludes halogenated alkanes) is 41. The van der Waals surface area contributed by atoms with Crippen LogP contribution in [0.15, 0.2) is 36.5 Å². The Labute approximate surface area is 637 Å². The highest BCUT2D eigenvalue weighted by molar-refractivity contribution is 5.70. The van der Waals surface area contributed by atoms with Gasteiger partial charge >= 0.3 is 17.9 Å². The van der Waals surface area contributed by atoms with Crippen molar-refractivity contribution in [2.45, 2.75) is 433 Å². The fourth-order valence-electron chi connectivity index (χ4n) is 15.8. The van der Waals surface area contributed by atoms with Crippen LogP contribution in [-0.2, 0) is 28.6 Å². The van der Waals surface area contributed by atoms with Crippen molar-refractivity contribution in [3.05, 3.63) is 36.5 Å². The van der Waals surface area contributed by atoms with Gasteiger partial charge in [0.2, 0.25) is 0 Å². The minimum atomic E-state index is -0.0427. The first-order valence-electron chi connectivity index (χ1n) is 45.3. The van der Waals surface area contributed by atoms with Crippen LogP contribution in [0.1, 0.15) is 433 Å². The standard InChI is InChI=1S/C93H179N3O6/c1-11-17-23-29-32-35-42-54-66-78-102-93(99)75-63-51-50-60-72-90(85-96(10)84-88(70-57-43-26-20-14-4)79-87(81-94(7)8)69-59-47-39-40-49-62-74-92(98)101-77-65-53-41-31-25-19-13-3)80-89(71-58-44-27-21-15-5)83-95(9)82-86(67-55-45-36-30-24-18-12-2)68-56-46-37-33-34-38-48-61-73-91(97)100-76-64-52-28-22-16-6/h52-54,64-66,86-90H,11-51,55-63,67-85H2,1-10H3. The van der Waals surface area contributed by atoms with Gasteiger partial charge in [-0.05, 0) is 161 Å². The zero-order valence-electron chi connectivity index (χ0n) is 70.4. The lowest BCUT2D eigenvalue weighted by molar-refractivity contribution is -0.143. The fourth-order valence-corrected chi connectivity index (χ4v) is 15.8. The van der Waals surface area contributed by atoms with Crippen LogP contribution in [0.25, 0.3) is 0 Å². The summed E-state index contributed by atoms with van der Waals surface area (Å²) in [5.41, 5.74) is 0. The van der Waals surface area contributed by atoms with E-state index in [1.807, 2.05) is 12.2 Å². The first-order chi connectivity index (χ1) is 49.9. The first kappa shape index (κ1) is 99.5. The van der Waals surface area contributed by atoms with Crippen molar-refractivity contribution >= 4 is 17.9 Å². The third-order valence-electron chi connectivity index (χ3n) is 21.8. The van der Waals surface area contributed by atoms with E-state index in [9.17, 15) is 14.4 Å². The molecule has 0 bridgehead atoms. The van der Waals surface area contributed by atoms with Gasteiger partial charge in [0, 0.05) is 52.0 Å². The maximum Gasteiger partial charge on any atom is 0.306 e. The number of allylic oxidation sites excluding steroid dienone is 3. The summed E-state index contributed by atoms with van der Waals surface area (Å²) in [6.45, 7) is 21.1. The van der Waals surface area contributed by atoms with Crippen LogP contribution in [0.5, 0.6) is 0 Å². The van der Waals surface area contributed by atoms with Crippen molar-refractivity contribution in [3.63, 3.8) is 0 Å². The molecule has 0 saturated heterocycles. The number of esters is 3. The number of hydrogen-bond donors (Lipinski definition) is 0.